The molecule has 0 amide bonds. The maximum atomic E-state index is 13.2. The van der Waals surface area contributed by atoms with Gasteiger partial charge in [0, 0.05) is 0 Å². The Balaban J connectivity index is 2.47. The van der Waals surface area contributed by atoms with Crippen LogP contribution in [0.2, 0.25) is 0 Å². The van der Waals surface area contributed by atoms with E-state index in [9.17, 15) is 8.42 Å². The third-order valence-electron chi connectivity index (χ3n) is 4.50. The van der Waals surface area contributed by atoms with Crippen LogP contribution in [0.15, 0.2) is 47.4 Å². The number of hydrogen-bond donors (Lipinski definition) is 1. The molecule has 148 valence electrons. The molecular formula is C22H31NO3S. The number of unbranched alkanes of at least 4 members (excludes halogenated alkanes) is 1. The molecule has 0 bridgehead atoms. The van der Waals surface area contributed by atoms with Crippen molar-refractivity contribution in [1.29, 1.82) is 0 Å². The largest absolute Gasteiger partial charge is 0.492 e. The molecule has 0 fully saturated rings. The predicted molar refractivity (Wildman–Crippen MR) is 112 cm³/mol. The highest BCUT2D eigenvalue weighted by atomic mass is 32.2. The molecule has 5 heteroatoms. The van der Waals surface area contributed by atoms with Gasteiger partial charge in [-0.1, -0.05) is 65.3 Å². The zero-order valence-electron chi connectivity index (χ0n) is 17.0. The van der Waals surface area contributed by atoms with Crippen LogP contribution in [0.5, 0.6) is 5.75 Å². The fourth-order valence-corrected chi connectivity index (χ4v) is 4.03. The molecule has 2 rings (SSSR count). The topological polar surface area (TPSA) is 55.4 Å². The second kappa shape index (κ2) is 8.79. The normalized spacial score (nSPS) is 12.0. The van der Waals surface area contributed by atoms with Crippen molar-refractivity contribution in [2.24, 2.45) is 0 Å². The zero-order valence-corrected chi connectivity index (χ0v) is 17.8. The number of sulfonamides is 1. The highest BCUT2D eigenvalue weighted by Crippen LogP contribution is 2.32. The molecule has 0 heterocycles. The van der Waals surface area contributed by atoms with E-state index >= 15 is 0 Å². The summed E-state index contributed by atoms with van der Waals surface area (Å²) < 4.78 is 35.0. The van der Waals surface area contributed by atoms with E-state index in [1.165, 1.54) is 0 Å². The summed E-state index contributed by atoms with van der Waals surface area (Å²) in [6, 6.07) is 12.9. The molecule has 2 aromatic carbocycles. The van der Waals surface area contributed by atoms with E-state index in [0.29, 0.717) is 18.0 Å². The summed E-state index contributed by atoms with van der Waals surface area (Å²) in [6.07, 6.45) is 2.62. The Labute approximate surface area is 164 Å². The maximum absolute atomic E-state index is 13.2. The lowest BCUT2D eigenvalue weighted by molar-refractivity contribution is 0.301. The van der Waals surface area contributed by atoms with Gasteiger partial charge in [0.2, 0.25) is 0 Å². The quantitative estimate of drug-likeness (QED) is 0.604. The Morgan fingerprint density at radius 2 is 1.74 bits per heavy atom. The van der Waals surface area contributed by atoms with Crippen LogP contribution in [0.25, 0.3) is 0 Å². The third kappa shape index (κ3) is 5.48. The molecule has 0 saturated carbocycles. The Hall–Kier alpha value is -2.01. The molecule has 0 aliphatic rings. The van der Waals surface area contributed by atoms with Gasteiger partial charge in [0.25, 0.3) is 10.0 Å². The number of benzene rings is 2. The van der Waals surface area contributed by atoms with Gasteiger partial charge >= 0.3 is 0 Å². The van der Waals surface area contributed by atoms with Gasteiger partial charge < -0.3 is 4.74 Å². The molecule has 4 nitrogen and oxygen atoms in total. The van der Waals surface area contributed by atoms with Gasteiger partial charge in [-0.05, 0) is 47.6 Å². The lowest BCUT2D eigenvalue weighted by Crippen LogP contribution is -2.18. The fourth-order valence-electron chi connectivity index (χ4n) is 2.76. The van der Waals surface area contributed by atoms with Crippen LogP contribution in [0, 0.1) is 0 Å². The van der Waals surface area contributed by atoms with Crippen LogP contribution in [-0.2, 0) is 21.9 Å². The minimum atomic E-state index is -3.77. The lowest BCUT2D eigenvalue weighted by Gasteiger charge is -2.22. The van der Waals surface area contributed by atoms with Crippen LogP contribution < -0.4 is 9.46 Å². The molecule has 0 aliphatic carbocycles. The molecular weight excluding hydrogens is 358 g/mol. The molecule has 0 radical (unpaired) electrons. The summed E-state index contributed by atoms with van der Waals surface area (Å²) in [4.78, 5) is 0.192. The average Bonchev–Trinajstić information content (AvgIpc) is 2.61. The molecule has 0 atom stereocenters. The number of hydrogen-bond acceptors (Lipinski definition) is 3. The smallest absolute Gasteiger partial charge is 0.265 e. The van der Waals surface area contributed by atoms with Crippen LogP contribution in [0.1, 0.15) is 58.6 Å². The standard InChI is InChI=1S/C22H31NO3S/c1-6-8-15-26-20-14-13-18(22(3,4)5)16-21(20)27(24,25)23-19-12-10-9-11-17(19)7-2/h9-14,16,23H,6-8,15H2,1-5H3. The molecule has 27 heavy (non-hydrogen) atoms. The van der Waals surface area contributed by atoms with Crippen LogP contribution in [-0.4, -0.2) is 15.0 Å². The first-order valence-corrected chi connectivity index (χ1v) is 11.1. The number of ether oxygens (including phenoxy) is 1. The van der Waals surface area contributed by atoms with Gasteiger partial charge in [0.05, 0.1) is 12.3 Å². The maximum Gasteiger partial charge on any atom is 0.265 e. The molecule has 0 spiro atoms. The van der Waals surface area contributed by atoms with E-state index in [2.05, 4.69) is 32.4 Å². The number of rotatable bonds is 8. The highest BCUT2D eigenvalue weighted by Gasteiger charge is 2.24. The van der Waals surface area contributed by atoms with E-state index in [1.807, 2.05) is 31.2 Å². The molecule has 0 aliphatic heterocycles. The number of para-hydroxylation sites is 1. The van der Waals surface area contributed by atoms with E-state index in [4.69, 9.17) is 4.74 Å². The SMILES string of the molecule is CCCCOc1ccc(C(C)(C)C)cc1S(=O)(=O)Nc1ccccc1CC. The average molecular weight is 390 g/mol. The second-order valence-electron chi connectivity index (χ2n) is 7.73. The monoisotopic (exact) mass is 389 g/mol. The summed E-state index contributed by atoms with van der Waals surface area (Å²) in [5, 5.41) is 0. The van der Waals surface area contributed by atoms with Crippen LogP contribution >= 0.6 is 0 Å². The van der Waals surface area contributed by atoms with Crippen molar-refractivity contribution in [1.82, 2.24) is 0 Å². The Morgan fingerprint density at radius 3 is 2.37 bits per heavy atom. The molecule has 2 aromatic rings. The van der Waals surface area contributed by atoms with E-state index in [-0.39, 0.29) is 10.3 Å². The lowest BCUT2D eigenvalue weighted by atomic mass is 9.87. The molecule has 1 N–H and O–H groups in total. The van der Waals surface area contributed by atoms with Crippen molar-refractivity contribution < 1.29 is 13.2 Å². The minimum absolute atomic E-state index is 0.159. The first-order valence-electron chi connectivity index (χ1n) is 9.57. The number of anilines is 1. The van der Waals surface area contributed by atoms with Crippen molar-refractivity contribution in [3.05, 3.63) is 53.6 Å². The van der Waals surface area contributed by atoms with E-state index < -0.39 is 10.0 Å². The zero-order chi connectivity index (χ0) is 20.1. The Kier molecular flexibility index (Phi) is 6.93. The second-order valence-corrected chi connectivity index (χ2v) is 9.38. The minimum Gasteiger partial charge on any atom is -0.492 e. The van der Waals surface area contributed by atoms with Gasteiger partial charge in [0.1, 0.15) is 10.6 Å². The summed E-state index contributed by atoms with van der Waals surface area (Å²) in [7, 11) is -3.77. The van der Waals surface area contributed by atoms with Gasteiger partial charge in [-0.3, -0.25) is 4.72 Å². The third-order valence-corrected chi connectivity index (χ3v) is 5.88. The van der Waals surface area contributed by atoms with Crippen LogP contribution in [0.3, 0.4) is 0 Å². The van der Waals surface area contributed by atoms with Crippen molar-refractivity contribution in [2.75, 3.05) is 11.3 Å². The summed E-state index contributed by atoms with van der Waals surface area (Å²) in [5.41, 5.74) is 2.37. The molecule has 0 aromatic heterocycles. The highest BCUT2D eigenvalue weighted by molar-refractivity contribution is 7.92. The summed E-state index contributed by atoms with van der Waals surface area (Å²) in [6.45, 7) is 10.8. The summed E-state index contributed by atoms with van der Waals surface area (Å²) in [5.74, 6) is 0.401. The van der Waals surface area contributed by atoms with Gasteiger partial charge in [0.15, 0.2) is 0 Å². The summed E-state index contributed by atoms with van der Waals surface area (Å²) >= 11 is 0. The van der Waals surface area contributed by atoms with Gasteiger partial charge in [-0.25, -0.2) is 8.42 Å². The fraction of sp³-hybridized carbons (Fsp3) is 0.455. The van der Waals surface area contributed by atoms with E-state index in [1.54, 1.807) is 18.2 Å². The first kappa shape index (κ1) is 21.3. The Bertz CT molecular complexity index is 867. The van der Waals surface area contributed by atoms with Gasteiger partial charge in [-0.2, -0.15) is 0 Å². The number of aryl methyl sites for hydroxylation is 1. The van der Waals surface area contributed by atoms with Crippen molar-refractivity contribution in [3.8, 4) is 5.75 Å². The Morgan fingerprint density at radius 1 is 1.04 bits per heavy atom. The van der Waals surface area contributed by atoms with E-state index in [0.717, 1.165) is 30.4 Å². The van der Waals surface area contributed by atoms with Crippen molar-refractivity contribution in [3.63, 3.8) is 0 Å². The molecule has 0 unspecified atom stereocenters. The van der Waals surface area contributed by atoms with Crippen molar-refractivity contribution in [2.45, 2.75) is 64.2 Å². The van der Waals surface area contributed by atoms with Gasteiger partial charge in [-0.15, -0.1) is 0 Å². The van der Waals surface area contributed by atoms with Crippen molar-refractivity contribution >= 4 is 15.7 Å². The molecule has 0 saturated heterocycles. The number of nitrogens with one attached hydrogen (secondary N) is 1. The van der Waals surface area contributed by atoms with Crippen LogP contribution in [0.4, 0.5) is 5.69 Å². The predicted octanol–water partition coefficient (Wildman–Crippen LogP) is 5.53. The first-order chi connectivity index (χ1) is 12.7.